The highest BCUT2D eigenvalue weighted by molar-refractivity contribution is 6.31. The summed E-state index contributed by atoms with van der Waals surface area (Å²) in [7, 11) is 0. The summed E-state index contributed by atoms with van der Waals surface area (Å²) in [6.07, 6.45) is 2.28. The van der Waals surface area contributed by atoms with E-state index in [0.717, 1.165) is 24.8 Å². The lowest BCUT2D eigenvalue weighted by Gasteiger charge is -2.34. The van der Waals surface area contributed by atoms with Crippen LogP contribution >= 0.6 is 11.6 Å². The highest BCUT2D eigenvalue weighted by Crippen LogP contribution is 2.29. The lowest BCUT2D eigenvalue weighted by atomic mass is 9.95. The Morgan fingerprint density at radius 1 is 1.32 bits per heavy atom. The van der Waals surface area contributed by atoms with Crippen LogP contribution in [0.15, 0.2) is 18.2 Å². The number of benzene rings is 1. The molecule has 1 aliphatic heterocycles. The van der Waals surface area contributed by atoms with E-state index in [1.54, 1.807) is 18.2 Å². The van der Waals surface area contributed by atoms with E-state index in [-0.39, 0.29) is 11.9 Å². The molecule has 1 aromatic carbocycles. The van der Waals surface area contributed by atoms with Gasteiger partial charge in [0.1, 0.15) is 5.60 Å². The maximum atomic E-state index is 12.1. The third kappa shape index (κ3) is 4.23. The van der Waals surface area contributed by atoms with Gasteiger partial charge < -0.3 is 9.64 Å². The van der Waals surface area contributed by atoms with Crippen molar-refractivity contribution in [3.63, 3.8) is 0 Å². The Kier molecular flexibility index (Phi) is 5.12. The summed E-state index contributed by atoms with van der Waals surface area (Å²) in [6.45, 7) is 7.06. The first kappa shape index (κ1) is 16.8. The van der Waals surface area contributed by atoms with Crippen LogP contribution in [0.3, 0.4) is 0 Å². The molecule has 120 valence electrons. The second-order valence-corrected chi connectivity index (χ2v) is 7.05. The van der Waals surface area contributed by atoms with Gasteiger partial charge in [0.05, 0.1) is 5.92 Å². The topological polar surface area (TPSA) is 46.6 Å². The van der Waals surface area contributed by atoms with Crippen LogP contribution in [0.25, 0.3) is 0 Å². The van der Waals surface area contributed by atoms with E-state index in [2.05, 4.69) is 4.90 Å². The van der Waals surface area contributed by atoms with E-state index in [0.29, 0.717) is 23.7 Å². The highest BCUT2D eigenvalue weighted by Gasteiger charge is 2.29. The Bertz CT molecular complexity index is 558. The van der Waals surface area contributed by atoms with Gasteiger partial charge >= 0.3 is 5.97 Å². The zero-order valence-corrected chi connectivity index (χ0v) is 14.0. The molecule has 0 N–H and O–H groups in total. The number of piperidine rings is 1. The Morgan fingerprint density at radius 3 is 2.50 bits per heavy atom. The average Bonchev–Trinajstić information content (AvgIpc) is 2.45. The van der Waals surface area contributed by atoms with E-state index in [4.69, 9.17) is 16.3 Å². The minimum Gasteiger partial charge on any atom is -0.460 e. The summed E-state index contributed by atoms with van der Waals surface area (Å²) in [5.74, 6) is -0.205. The molecule has 0 atom stereocenters. The van der Waals surface area contributed by atoms with Crippen LogP contribution < -0.4 is 4.90 Å². The van der Waals surface area contributed by atoms with Gasteiger partial charge in [0.25, 0.3) is 0 Å². The van der Waals surface area contributed by atoms with Crippen LogP contribution in [0.1, 0.15) is 44.0 Å². The number of esters is 1. The Morgan fingerprint density at radius 2 is 1.95 bits per heavy atom. The number of ether oxygens (including phenoxy) is 1. The van der Waals surface area contributed by atoms with Crippen LogP contribution in [0.4, 0.5) is 5.69 Å². The smallest absolute Gasteiger partial charge is 0.309 e. The molecule has 0 bridgehead atoms. The van der Waals surface area contributed by atoms with Crippen LogP contribution in [0, 0.1) is 5.92 Å². The predicted molar refractivity (Wildman–Crippen MR) is 87.6 cm³/mol. The van der Waals surface area contributed by atoms with Crippen molar-refractivity contribution >= 4 is 29.5 Å². The molecule has 1 saturated heterocycles. The molecule has 1 fully saturated rings. The molecule has 22 heavy (non-hydrogen) atoms. The first-order valence-corrected chi connectivity index (χ1v) is 7.90. The van der Waals surface area contributed by atoms with Crippen molar-refractivity contribution in [3.8, 4) is 0 Å². The van der Waals surface area contributed by atoms with E-state index >= 15 is 0 Å². The predicted octanol–water partition coefficient (Wildman–Crippen LogP) is 3.71. The second-order valence-electron chi connectivity index (χ2n) is 6.62. The van der Waals surface area contributed by atoms with Gasteiger partial charge in [-0.2, -0.15) is 0 Å². The lowest BCUT2D eigenvalue weighted by molar-refractivity contribution is -0.160. The number of halogens is 1. The third-order valence-corrected chi connectivity index (χ3v) is 3.93. The first-order chi connectivity index (χ1) is 10.3. The zero-order chi connectivity index (χ0) is 16.3. The molecule has 1 aromatic rings. The summed E-state index contributed by atoms with van der Waals surface area (Å²) in [5, 5.41) is 0.606. The Balaban J connectivity index is 2.02. The molecule has 0 amide bonds. The molecule has 0 aliphatic carbocycles. The molecular formula is C17H22ClNO3. The number of nitrogens with zero attached hydrogens (tertiary/aromatic N) is 1. The summed E-state index contributed by atoms with van der Waals surface area (Å²) in [5.41, 5.74) is 1.01. The number of rotatable bonds is 3. The van der Waals surface area contributed by atoms with Crippen molar-refractivity contribution in [2.45, 2.75) is 39.2 Å². The van der Waals surface area contributed by atoms with Crippen molar-refractivity contribution in [1.82, 2.24) is 0 Å². The normalized spacial score (nSPS) is 16.5. The molecule has 4 nitrogen and oxygen atoms in total. The largest absolute Gasteiger partial charge is 0.460 e. The van der Waals surface area contributed by atoms with Gasteiger partial charge in [-0.3, -0.25) is 9.59 Å². The van der Waals surface area contributed by atoms with Gasteiger partial charge in [-0.15, -0.1) is 0 Å². The quantitative estimate of drug-likeness (QED) is 0.628. The van der Waals surface area contributed by atoms with Gasteiger partial charge in [-0.25, -0.2) is 0 Å². The van der Waals surface area contributed by atoms with E-state index in [1.165, 1.54) is 0 Å². The van der Waals surface area contributed by atoms with Crippen molar-refractivity contribution in [3.05, 3.63) is 28.8 Å². The SMILES string of the molecule is CC(C)(C)OC(=O)C1CCN(c2cc(Cl)ccc2C=O)CC1. The lowest BCUT2D eigenvalue weighted by Crippen LogP contribution is -2.39. The molecule has 2 rings (SSSR count). The number of hydrogen-bond acceptors (Lipinski definition) is 4. The molecule has 0 saturated carbocycles. The van der Waals surface area contributed by atoms with Gasteiger partial charge in [-0.1, -0.05) is 11.6 Å². The fraction of sp³-hybridized carbons (Fsp3) is 0.529. The van der Waals surface area contributed by atoms with Crippen molar-refractivity contribution in [2.75, 3.05) is 18.0 Å². The summed E-state index contributed by atoms with van der Waals surface area (Å²) in [4.78, 5) is 25.4. The molecule has 1 heterocycles. The standard InChI is InChI=1S/C17H22ClNO3/c1-17(2,3)22-16(21)12-6-8-19(9-7-12)15-10-14(18)5-4-13(15)11-20/h4-5,10-12H,6-9H2,1-3H3. The number of carbonyl (C=O) groups is 2. The maximum absolute atomic E-state index is 12.1. The van der Waals surface area contributed by atoms with E-state index in [1.807, 2.05) is 20.8 Å². The summed E-state index contributed by atoms with van der Waals surface area (Å²) in [6, 6.07) is 5.24. The molecule has 0 unspecified atom stereocenters. The number of anilines is 1. The summed E-state index contributed by atoms with van der Waals surface area (Å²) >= 11 is 6.03. The minimum absolute atomic E-state index is 0.0747. The van der Waals surface area contributed by atoms with Crippen LogP contribution in [0.5, 0.6) is 0 Å². The third-order valence-electron chi connectivity index (χ3n) is 3.70. The van der Waals surface area contributed by atoms with Gasteiger partial charge in [0.2, 0.25) is 0 Å². The molecule has 0 spiro atoms. The van der Waals surface area contributed by atoms with Gasteiger partial charge in [0, 0.05) is 29.4 Å². The maximum Gasteiger partial charge on any atom is 0.309 e. The molecule has 1 aliphatic rings. The average molecular weight is 324 g/mol. The minimum atomic E-state index is -0.453. The van der Waals surface area contributed by atoms with Gasteiger partial charge in [-0.05, 0) is 51.8 Å². The Hall–Kier alpha value is -1.55. The molecular weight excluding hydrogens is 302 g/mol. The van der Waals surface area contributed by atoms with Crippen molar-refractivity contribution < 1.29 is 14.3 Å². The number of carbonyl (C=O) groups excluding carboxylic acids is 2. The molecule has 0 aromatic heterocycles. The van der Waals surface area contributed by atoms with Crippen molar-refractivity contribution in [1.29, 1.82) is 0 Å². The molecule has 5 heteroatoms. The van der Waals surface area contributed by atoms with Crippen LogP contribution in [0.2, 0.25) is 5.02 Å². The van der Waals surface area contributed by atoms with E-state index in [9.17, 15) is 9.59 Å². The fourth-order valence-corrected chi connectivity index (χ4v) is 2.80. The highest BCUT2D eigenvalue weighted by atomic mass is 35.5. The van der Waals surface area contributed by atoms with Crippen LogP contribution in [-0.2, 0) is 9.53 Å². The second kappa shape index (κ2) is 6.69. The monoisotopic (exact) mass is 323 g/mol. The molecule has 0 radical (unpaired) electrons. The zero-order valence-electron chi connectivity index (χ0n) is 13.3. The van der Waals surface area contributed by atoms with Crippen LogP contribution in [-0.4, -0.2) is 30.9 Å². The van der Waals surface area contributed by atoms with Crippen molar-refractivity contribution in [2.24, 2.45) is 5.92 Å². The number of hydrogen-bond donors (Lipinski definition) is 0. The van der Waals surface area contributed by atoms with E-state index < -0.39 is 5.60 Å². The summed E-state index contributed by atoms with van der Waals surface area (Å²) < 4.78 is 5.45. The Labute approximate surface area is 136 Å². The van der Waals surface area contributed by atoms with Gasteiger partial charge in [0.15, 0.2) is 6.29 Å². The number of aldehydes is 1. The fourth-order valence-electron chi connectivity index (χ4n) is 2.63. The first-order valence-electron chi connectivity index (χ1n) is 7.52.